The van der Waals surface area contributed by atoms with Gasteiger partial charge in [0.2, 0.25) is 0 Å². The molecule has 1 aliphatic heterocycles. The van der Waals surface area contributed by atoms with E-state index in [1.165, 1.54) is 11.1 Å². The first kappa shape index (κ1) is 12.7. The van der Waals surface area contributed by atoms with Crippen LogP contribution in [0.3, 0.4) is 0 Å². The van der Waals surface area contributed by atoms with Gasteiger partial charge in [-0.1, -0.05) is 24.3 Å². The topological polar surface area (TPSA) is 36.3 Å². The smallest absolute Gasteiger partial charge is 0.119 e. The molecule has 1 aliphatic rings. The predicted molar refractivity (Wildman–Crippen MR) is 77.1 cm³/mol. The highest BCUT2D eigenvalue weighted by molar-refractivity contribution is 5.40. The lowest BCUT2D eigenvalue weighted by molar-refractivity contribution is 0.275. The standard InChI is InChI=1S/C17H16N2O/c1-20-17-7-6-15-11-19(12-16(15)8-17)10-14-5-3-2-4-13(14)9-18/h2-8H,10-12H2,1H3. The molecule has 3 heteroatoms. The van der Waals surface area contributed by atoms with Gasteiger partial charge in [-0.2, -0.15) is 5.26 Å². The summed E-state index contributed by atoms with van der Waals surface area (Å²) in [6, 6.07) is 16.3. The third-order valence-corrected chi connectivity index (χ3v) is 3.73. The quantitative estimate of drug-likeness (QED) is 0.854. The monoisotopic (exact) mass is 264 g/mol. The van der Waals surface area contributed by atoms with Crippen LogP contribution in [0.1, 0.15) is 22.3 Å². The van der Waals surface area contributed by atoms with E-state index in [9.17, 15) is 0 Å². The highest BCUT2D eigenvalue weighted by Crippen LogP contribution is 2.28. The molecular weight excluding hydrogens is 248 g/mol. The summed E-state index contributed by atoms with van der Waals surface area (Å²) >= 11 is 0. The molecule has 0 N–H and O–H groups in total. The highest BCUT2D eigenvalue weighted by Gasteiger charge is 2.20. The molecule has 0 saturated carbocycles. The fourth-order valence-corrected chi connectivity index (χ4v) is 2.69. The second-order valence-electron chi connectivity index (χ2n) is 5.05. The van der Waals surface area contributed by atoms with Gasteiger partial charge in [0.05, 0.1) is 18.7 Å². The fraction of sp³-hybridized carbons (Fsp3) is 0.235. The van der Waals surface area contributed by atoms with E-state index in [4.69, 9.17) is 10.00 Å². The van der Waals surface area contributed by atoms with Gasteiger partial charge in [-0.05, 0) is 34.9 Å². The number of hydrogen-bond acceptors (Lipinski definition) is 3. The summed E-state index contributed by atoms with van der Waals surface area (Å²) in [6.45, 7) is 2.64. The first-order valence-corrected chi connectivity index (χ1v) is 6.66. The maximum atomic E-state index is 9.15. The molecule has 0 aromatic heterocycles. The maximum Gasteiger partial charge on any atom is 0.119 e. The van der Waals surface area contributed by atoms with Gasteiger partial charge in [0.15, 0.2) is 0 Å². The van der Waals surface area contributed by atoms with E-state index in [1.807, 2.05) is 30.3 Å². The molecule has 0 fully saturated rings. The first-order valence-electron chi connectivity index (χ1n) is 6.66. The lowest BCUT2D eigenvalue weighted by atomic mass is 10.1. The molecule has 3 nitrogen and oxygen atoms in total. The Balaban J connectivity index is 1.77. The number of methoxy groups -OCH3 is 1. The third-order valence-electron chi connectivity index (χ3n) is 3.73. The van der Waals surface area contributed by atoms with Crippen LogP contribution in [0.15, 0.2) is 42.5 Å². The molecule has 0 bridgehead atoms. The zero-order valence-corrected chi connectivity index (χ0v) is 11.5. The van der Waals surface area contributed by atoms with Crippen molar-refractivity contribution < 1.29 is 4.74 Å². The van der Waals surface area contributed by atoms with Crippen molar-refractivity contribution in [1.82, 2.24) is 4.90 Å². The molecule has 0 amide bonds. The number of hydrogen-bond donors (Lipinski definition) is 0. The SMILES string of the molecule is COc1ccc2c(c1)CN(Cc1ccccc1C#N)C2. The summed E-state index contributed by atoms with van der Waals surface area (Å²) in [4.78, 5) is 2.35. The van der Waals surface area contributed by atoms with E-state index in [2.05, 4.69) is 23.1 Å². The predicted octanol–water partition coefficient (Wildman–Crippen LogP) is 3.08. The van der Waals surface area contributed by atoms with Gasteiger partial charge in [0.25, 0.3) is 0 Å². The molecule has 0 atom stereocenters. The lowest BCUT2D eigenvalue weighted by Crippen LogP contribution is -2.16. The summed E-state index contributed by atoms with van der Waals surface area (Å²) in [5.41, 5.74) is 4.52. The van der Waals surface area contributed by atoms with Crippen LogP contribution in [-0.2, 0) is 19.6 Å². The van der Waals surface area contributed by atoms with Crippen LogP contribution in [0, 0.1) is 11.3 Å². The molecule has 1 heterocycles. The number of ether oxygens (including phenoxy) is 1. The van der Waals surface area contributed by atoms with Crippen LogP contribution in [0.25, 0.3) is 0 Å². The van der Waals surface area contributed by atoms with Gasteiger partial charge in [0, 0.05) is 19.6 Å². The van der Waals surface area contributed by atoms with Gasteiger partial charge >= 0.3 is 0 Å². The molecule has 20 heavy (non-hydrogen) atoms. The third kappa shape index (κ3) is 2.38. The number of nitriles is 1. The minimum atomic E-state index is 0.765. The fourth-order valence-electron chi connectivity index (χ4n) is 2.69. The summed E-state index contributed by atoms with van der Waals surface area (Å²) in [5.74, 6) is 0.906. The number of rotatable bonds is 3. The van der Waals surface area contributed by atoms with Crippen LogP contribution in [0.4, 0.5) is 0 Å². The minimum absolute atomic E-state index is 0.765. The van der Waals surface area contributed by atoms with Crippen molar-refractivity contribution >= 4 is 0 Å². The average Bonchev–Trinajstić information content (AvgIpc) is 2.89. The van der Waals surface area contributed by atoms with Crippen LogP contribution in [-0.4, -0.2) is 12.0 Å². The van der Waals surface area contributed by atoms with E-state index >= 15 is 0 Å². The van der Waals surface area contributed by atoms with Gasteiger partial charge < -0.3 is 4.74 Å². The number of benzene rings is 2. The largest absolute Gasteiger partial charge is 0.497 e. The molecule has 100 valence electrons. The number of nitrogens with zero attached hydrogens (tertiary/aromatic N) is 2. The Morgan fingerprint density at radius 3 is 2.75 bits per heavy atom. The van der Waals surface area contributed by atoms with Crippen LogP contribution < -0.4 is 4.74 Å². The molecule has 0 unspecified atom stereocenters. The Kier molecular flexibility index (Phi) is 3.41. The second-order valence-corrected chi connectivity index (χ2v) is 5.05. The molecule has 0 saturated heterocycles. The summed E-state index contributed by atoms with van der Waals surface area (Å²) in [5, 5.41) is 9.15. The van der Waals surface area contributed by atoms with Gasteiger partial charge in [-0.15, -0.1) is 0 Å². The van der Waals surface area contributed by atoms with Crippen LogP contribution in [0.5, 0.6) is 5.75 Å². The zero-order valence-electron chi connectivity index (χ0n) is 11.5. The van der Waals surface area contributed by atoms with E-state index in [0.717, 1.165) is 36.5 Å². The number of fused-ring (bicyclic) bond motifs is 1. The average molecular weight is 264 g/mol. The first-order chi connectivity index (χ1) is 9.80. The van der Waals surface area contributed by atoms with Crippen molar-refractivity contribution in [1.29, 1.82) is 5.26 Å². The van der Waals surface area contributed by atoms with E-state index < -0.39 is 0 Å². The van der Waals surface area contributed by atoms with Crippen molar-refractivity contribution in [2.45, 2.75) is 19.6 Å². The Hall–Kier alpha value is -2.31. The zero-order chi connectivity index (χ0) is 13.9. The maximum absolute atomic E-state index is 9.15. The van der Waals surface area contributed by atoms with Crippen molar-refractivity contribution in [3.8, 4) is 11.8 Å². The minimum Gasteiger partial charge on any atom is -0.497 e. The molecule has 0 spiro atoms. The Bertz CT molecular complexity index is 673. The Morgan fingerprint density at radius 2 is 1.95 bits per heavy atom. The van der Waals surface area contributed by atoms with E-state index in [-0.39, 0.29) is 0 Å². The van der Waals surface area contributed by atoms with Gasteiger partial charge in [0.1, 0.15) is 5.75 Å². The molecule has 2 aromatic rings. The Labute approximate surface area is 119 Å². The van der Waals surface area contributed by atoms with Crippen molar-refractivity contribution in [2.24, 2.45) is 0 Å². The lowest BCUT2D eigenvalue weighted by Gasteiger charge is -2.15. The summed E-state index contributed by atoms with van der Waals surface area (Å²) in [6.07, 6.45) is 0. The van der Waals surface area contributed by atoms with Crippen molar-refractivity contribution in [3.63, 3.8) is 0 Å². The molecule has 2 aromatic carbocycles. The normalized spacial score (nSPS) is 13.8. The molecule has 0 aliphatic carbocycles. The van der Waals surface area contributed by atoms with Crippen LogP contribution in [0.2, 0.25) is 0 Å². The molecule has 0 radical (unpaired) electrons. The van der Waals surface area contributed by atoms with E-state index in [1.54, 1.807) is 7.11 Å². The summed E-state index contributed by atoms with van der Waals surface area (Å²) in [7, 11) is 1.69. The second kappa shape index (κ2) is 5.36. The highest BCUT2D eigenvalue weighted by atomic mass is 16.5. The van der Waals surface area contributed by atoms with Crippen molar-refractivity contribution in [2.75, 3.05) is 7.11 Å². The van der Waals surface area contributed by atoms with Gasteiger partial charge in [-0.3, -0.25) is 4.90 Å². The molecule has 3 rings (SSSR count). The van der Waals surface area contributed by atoms with Crippen LogP contribution >= 0.6 is 0 Å². The van der Waals surface area contributed by atoms with Crippen molar-refractivity contribution in [3.05, 3.63) is 64.7 Å². The van der Waals surface area contributed by atoms with Gasteiger partial charge in [-0.25, -0.2) is 0 Å². The van der Waals surface area contributed by atoms with E-state index in [0.29, 0.717) is 0 Å². The Morgan fingerprint density at radius 1 is 1.15 bits per heavy atom. The summed E-state index contributed by atoms with van der Waals surface area (Å²) < 4.78 is 5.27. The molecular formula is C17H16N2O.